The molecule has 1 rings (SSSR count). The number of hydrogen-bond donors (Lipinski definition) is 1. The zero-order valence-electron chi connectivity index (χ0n) is 11.9. The summed E-state index contributed by atoms with van der Waals surface area (Å²) in [7, 11) is 3.88. The molecule has 3 nitrogen and oxygen atoms in total. The maximum Gasteiger partial charge on any atom is 0.0825 e. The molecule has 2 atom stereocenters. The smallest absolute Gasteiger partial charge is 0.0825 e. The summed E-state index contributed by atoms with van der Waals surface area (Å²) in [5.41, 5.74) is -0.0205. The predicted octanol–water partition coefficient (Wildman–Crippen LogP) is 2.74. The molecule has 0 bridgehead atoms. The van der Waals surface area contributed by atoms with Gasteiger partial charge in [0.2, 0.25) is 0 Å². The van der Waals surface area contributed by atoms with Gasteiger partial charge in [0.15, 0.2) is 0 Å². The molecular formula is C14H29NO2. The second-order valence-corrected chi connectivity index (χ2v) is 5.03. The summed E-state index contributed by atoms with van der Waals surface area (Å²) in [6.07, 6.45) is 7.33. The molecule has 3 heteroatoms. The van der Waals surface area contributed by atoms with Crippen LogP contribution in [-0.2, 0) is 9.47 Å². The van der Waals surface area contributed by atoms with Gasteiger partial charge in [-0.25, -0.2) is 0 Å². The van der Waals surface area contributed by atoms with Crippen LogP contribution in [0, 0.1) is 0 Å². The average Bonchev–Trinajstić information content (AvgIpc) is 2.88. The minimum Gasteiger partial charge on any atom is -0.378 e. The first kappa shape index (κ1) is 14.9. The number of ether oxygens (including phenoxy) is 2. The summed E-state index contributed by atoms with van der Waals surface area (Å²) in [6.45, 7) is 5.37. The van der Waals surface area contributed by atoms with Crippen molar-refractivity contribution >= 4 is 0 Å². The van der Waals surface area contributed by atoms with Gasteiger partial charge in [-0.05, 0) is 45.6 Å². The lowest BCUT2D eigenvalue weighted by Crippen LogP contribution is -2.50. The van der Waals surface area contributed by atoms with Crippen LogP contribution in [0.4, 0.5) is 0 Å². The van der Waals surface area contributed by atoms with Crippen molar-refractivity contribution in [1.82, 2.24) is 5.32 Å². The number of likely N-dealkylation sites (N-methyl/N-ethyl adjacent to an activating group) is 1. The molecule has 0 saturated carbocycles. The summed E-state index contributed by atoms with van der Waals surface area (Å²) in [5.74, 6) is 0. The monoisotopic (exact) mass is 243 g/mol. The van der Waals surface area contributed by atoms with E-state index in [1.54, 1.807) is 0 Å². The van der Waals surface area contributed by atoms with Crippen LogP contribution < -0.4 is 5.32 Å². The van der Waals surface area contributed by atoms with E-state index in [1.165, 1.54) is 12.8 Å². The standard InChI is InChI=1S/C14H29NO2/c1-5-14(6-2,16-4)13(15-3)10-9-12-8-7-11-17-12/h12-13,15H,5-11H2,1-4H3. The van der Waals surface area contributed by atoms with Crippen molar-refractivity contribution in [3.8, 4) is 0 Å². The van der Waals surface area contributed by atoms with Crippen LogP contribution in [-0.4, -0.2) is 38.5 Å². The van der Waals surface area contributed by atoms with E-state index in [0.29, 0.717) is 12.1 Å². The molecule has 0 aliphatic carbocycles. The maximum atomic E-state index is 5.80. The van der Waals surface area contributed by atoms with Crippen LogP contribution >= 0.6 is 0 Å². The third kappa shape index (κ3) is 3.67. The van der Waals surface area contributed by atoms with E-state index < -0.39 is 0 Å². The Bertz CT molecular complexity index is 190. The summed E-state index contributed by atoms with van der Waals surface area (Å²) in [4.78, 5) is 0. The molecule has 1 saturated heterocycles. The van der Waals surface area contributed by atoms with E-state index in [0.717, 1.165) is 32.3 Å². The summed E-state index contributed by atoms with van der Waals surface area (Å²) < 4.78 is 11.5. The molecule has 0 aromatic carbocycles. The van der Waals surface area contributed by atoms with E-state index >= 15 is 0 Å². The first-order chi connectivity index (χ1) is 8.22. The molecule has 1 aliphatic heterocycles. The Morgan fingerprint density at radius 1 is 1.41 bits per heavy atom. The molecule has 17 heavy (non-hydrogen) atoms. The van der Waals surface area contributed by atoms with E-state index in [4.69, 9.17) is 9.47 Å². The van der Waals surface area contributed by atoms with Crippen LogP contribution in [0.1, 0.15) is 52.4 Å². The molecule has 102 valence electrons. The third-order valence-electron chi connectivity index (χ3n) is 4.39. The van der Waals surface area contributed by atoms with Gasteiger partial charge in [-0.3, -0.25) is 0 Å². The number of nitrogens with one attached hydrogen (secondary N) is 1. The SMILES string of the molecule is CCC(CC)(OC)C(CCC1CCCO1)NC. The molecule has 1 heterocycles. The van der Waals surface area contributed by atoms with Crippen molar-refractivity contribution in [2.24, 2.45) is 0 Å². The van der Waals surface area contributed by atoms with Crippen molar-refractivity contribution in [3.63, 3.8) is 0 Å². The van der Waals surface area contributed by atoms with E-state index in [-0.39, 0.29) is 5.60 Å². The van der Waals surface area contributed by atoms with Crippen molar-refractivity contribution in [2.75, 3.05) is 20.8 Å². The van der Waals surface area contributed by atoms with Crippen LogP contribution in [0.2, 0.25) is 0 Å². The zero-order valence-corrected chi connectivity index (χ0v) is 11.9. The number of methoxy groups -OCH3 is 1. The average molecular weight is 243 g/mol. The molecule has 1 fully saturated rings. The number of rotatable bonds is 8. The normalized spacial score (nSPS) is 22.9. The molecule has 0 spiro atoms. The van der Waals surface area contributed by atoms with Gasteiger partial charge in [-0.1, -0.05) is 13.8 Å². The minimum atomic E-state index is -0.0205. The predicted molar refractivity (Wildman–Crippen MR) is 71.4 cm³/mol. The second kappa shape index (κ2) is 7.34. The van der Waals surface area contributed by atoms with Gasteiger partial charge >= 0.3 is 0 Å². The Morgan fingerprint density at radius 2 is 2.12 bits per heavy atom. The van der Waals surface area contributed by atoms with Gasteiger partial charge in [-0.2, -0.15) is 0 Å². The highest BCUT2D eigenvalue weighted by atomic mass is 16.5. The third-order valence-corrected chi connectivity index (χ3v) is 4.39. The van der Waals surface area contributed by atoms with Crippen LogP contribution in [0.5, 0.6) is 0 Å². The Morgan fingerprint density at radius 3 is 2.53 bits per heavy atom. The summed E-state index contributed by atoms with van der Waals surface area (Å²) in [6, 6.07) is 0.423. The van der Waals surface area contributed by atoms with Gasteiger partial charge in [0.25, 0.3) is 0 Å². The van der Waals surface area contributed by atoms with E-state index in [9.17, 15) is 0 Å². The lowest BCUT2D eigenvalue weighted by molar-refractivity contribution is -0.0506. The quantitative estimate of drug-likeness (QED) is 0.711. The topological polar surface area (TPSA) is 30.5 Å². The van der Waals surface area contributed by atoms with Crippen molar-refractivity contribution in [1.29, 1.82) is 0 Å². The van der Waals surface area contributed by atoms with Crippen LogP contribution in [0.15, 0.2) is 0 Å². The zero-order chi connectivity index (χ0) is 12.7. The first-order valence-electron chi connectivity index (χ1n) is 7.06. The number of hydrogen-bond acceptors (Lipinski definition) is 3. The van der Waals surface area contributed by atoms with Crippen molar-refractivity contribution < 1.29 is 9.47 Å². The molecule has 0 aromatic heterocycles. The molecular weight excluding hydrogens is 214 g/mol. The maximum absolute atomic E-state index is 5.80. The first-order valence-corrected chi connectivity index (χ1v) is 7.06. The fourth-order valence-electron chi connectivity index (χ4n) is 3.07. The van der Waals surface area contributed by atoms with Gasteiger partial charge in [0.05, 0.1) is 11.7 Å². The van der Waals surface area contributed by atoms with Gasteiger partial charge in [-0.15, -0.1) is 0 Å². The second-order valence-electron chi connectivity index (χ2n) is 5.03. The van der Waals surface area contributed by atoms with Gasteiger partial charge in [0.1, 0.15) is 0 Å². The Kier molecular flexibility index (Phi) is 6.45. The van der Waals surface area contributed by atoms with Gasteiger partial charge in [0, 0.05) is 19.8 Å². The lowest BCUT2D eigenvalue weighted by Gasteiger charge is -2.38. The Labute approximate surface area is 106 Å². The Hall–Kier alpha value is -0.120. The molecule has 0 aromatic rings. The molecule has 0 amide bonds. The molecule has 0 radical (unpaired) electrons. The molecule has 2 unspecified atom stereocenters. The molecule has 1 N–H and O–H groups in total. The van der Waals surface area contributed by atoms with Gasteiger partial charge < -0.3 is 14.8 Å². The lowest BCUT2D eigenvalue weighted by atomic mass is 9.85. The minimum absolute atomic E-state index is 0.0205. The highest BCUT2D eigenvalue weighted by Gasteiger charge is 2.35. The fourth-order valence-corrected chi connectivity index (χ4v) is 3.07. The summed E-state index contributed by atoms with van der Waals surface area (Å²) in [5, 5.41) is 3.44. The van der Waals surface area contributed by atoms with Crippen LogP contribution in [0.25, 0.3) is 0 Å². The fraction of sp³-hybridized carbons (Fsp3) is 1.00. The highest BCUT2D eigenvalue weighted by molar-refractivity contribution is 4.91. The Balaban J connectivity index is 2.49. The summed E-state index contributed by atoms with van der Waals surface area (Å²) >= 11 is 0. The largest absolute Gasteiger partial charge is 0.378 e. The van der Waals surface area contributed by atoms with E-state index in [2.05, 4.69) is 19.2 Å². The van der Waals surface area contributed by atoms with Crippen molar-refractivity contribution in [3.05, 3.63) is 0 Å². The van der Waals surface area contributed by atoms with E-state index in [1.807, 2.05) is 14.2 Å². The van der Waals surface area contributed by atoms with Crippen molar-refractivity contribution in [2.45, 2.75) is 70.1 Å². The van der Waals surface area contributed by atoms with Crippen LogP contribution in [0.3, 0.4) is 0 Å². The highest BCUT2D eigenvalue weighted by Crippen LogP contribution is 2.28. The molecule has 1 aliphatic rings.